The Kier molecular flexibility index (Phi) is 4.39. The number of methoxy groups -OCH3 is 1. The van der Waals surface area contributed by atoms with E-state index in [-0.39, 0.29) is 11.9 Å². The SMILES string of the molecule is COc1ccc(NC(=O)C2CNC(C)CN2)cc1C. The van der Waals surface area contributed by atoms with Crippen LogP contribution in [-0.2, 0) is 4.79 Å². The molecule has 2 atom stereocenters. The summed E-state index contributed by atoms with van der Waals surface area (Å²) in [5.41, 5.74) is 1.80. The Morgan fingerprint density at radius 1 is 1.37 bits per heavy atom. The summed E-state index contributed by atoms with van der Waals surface area (Å²) in [4.78, 5) is 12.1. The highest BCUT2D eigenvalue weighted by atomic mass is 16.5. The van der Waals surface area contributed by atoms with E-state index >= 15 is 0 Å². The molecule has 104 valence electrons. The average molecular weight is 263 g/mol. The highest BCUT2D eigenvalue weighted by molar-refractivity contribution is 5.95. The zero-order valence-corrected chi connectivity index (χ0v) is 11.6. The third-order valence-corrected chi connectivity index (χ3v) is 3.32. The van der Waals surface area contributed by atoms with Gasteiger partial charge < -0.3 is 20.7 Å². The lowest BCUT2D eigenvalue weighted by Crippen LogP contribution is -2.57. The maximum absolute atomic E-state index is 12.1. The molecule has 5 nitrogen and oxygen atoms in total. The fourth-order valence-electron chi connectivity index (χ4n) is 2.15. The van der Waals surface area contributed by atoms with Gasteiger partial charge in [0, 0.05) is 24.8 Å². The molecule has 0 aliphatic carbocycles. The number of rotatable bonds is 3. The van der Waals surface area contributed by atoms with Crippen molar-refractivity contribution in [1.29, 1.82) is 0 Å². The summed E-state index contributed by atoms with van der Waals surface area (Å²) in [6.07, 6.45) is 0. The number of benzene rings is 1. The van der Waals surface area contributed by atoms with E-state index in [4.69, 9.17) is 4.74 Å². The summed E-state index contributed by atoms with van der Waals surface area (Å²) < 4.78 is 5.20. The summed E-state index contributed by atoms with van der Waals surface area (Å²) in [6, 6.07) is 5.85. The van der Waals surface area contributed by atoms with E-state index in [1.54, 1.807) is 7.11 Å². The van der Waals surface area contributed by atoms with E-state index < -0.39 is 0 Å². The molecule has 1 fully saturated rings. The molecule has 2 unspecified atom stereocenters. The van der Waals surface area contributed by atoms with Crippen LogP contribution in [0.1, 0.15) is 12.5 Å². The molecule has 5 heteroatoms. The van der Waals surface area contributed by atoms with Crippen LogP contribution in [0, 0.1) is 6.92 Å². The van der Waals surface area contributed by atoms with Gasteiger partial charge in [-0.3, -0.25) is 4.79 Å². The first-order valence-corrected chi connectivity index (χ1v) is 6.52. The third-order valence-electron chi connectivity index (χ3n) is 3.32. The largest absolute Gasteiger partial charge is 0.496 e. The molecule has 1 amide bonds. The molecule has 2 rings (SSSR count). The van der Waals surface area contributed by atoms with E-state index in [9.17, 15) is 4.79 Å². The molecule has 0 saturated carbocycles. The van der Waals surface area contributed by atoms with E-state index in [0.717, 1.165) is 23.5 Å². The van der Waals surface area contributed by atoms with Gasteiger partial charge in [-0.05, 0) is 37.6 Å². The van der Waals surface area contributed by atoms with Crippen molar-refractivity contribution in [3.63, 3.8) is 0 Å². The smallest absolute Gasteiger partial charge is 0.242 e. The minimum atomic E-state index is -0.182. The number of ether oxygens (including phenoxy) is 1. The summed E-state index contributed by atoms with van der Waals surface area (Å²) in [7, 11) is 1.64. The molecular weight excluding hydrogens is 242 g/mol. The molecular formula is C14H21N3O2. The minimum absolute atomic E-state index is 0.0102. The normalized spacial score (nSPS) is 22.9. The van der Waals surface area contributed by atoms with Crippen LogP contribution in [0.5, 0.6) is 5.75 Å². The Labute approximate surface area is 113 Å². The summed E-state index contributed by atoms with van der Waals surface area (Å²) >= 11 is 0. The van der Waals surface area contributed by atoms with Gasteiger partial charge in [-0.2, -0.15) is 0 Å². The van der Waals surface area contributed by atoms with Crippen LogP contribution >= 0.6 is 0 Å². The molecule has 0 aromatic heterocycles. The monoisotopic (exact) mass is 263 g/mol. The quantitative estimate of drug-likeness (QED) is 0.758. The van der Waals surface area contributed by atoms with Crippen molar-refractivity contribution in [2.24, 2.45) is 0 Å². The second-order valence-corrected chi connectivity index (χ2v) is 4.94. The lowest BCUT2D eigenvalue weighted by Gasteiger charge is -2.28. The van der Waals surface area contributed by atoms with Gasteiger partial charge in [0.25, 0.3) is 0 Å². The van der Waals surface area contributed by atoms with Crippen LogP contribution in [0.25, 0.3) is 0 Å². The summed E-state index contributed by atoms with van der Waals surface area (Å²) in [6.45, 7) is 5.51. The maximum Gasteiger partial charge on any atom is 0.242 e. The zero-order chi connectivity index (χ0) is 13.8. The minimum Gasteiger partial charge on any atom is -0.496 e. The second kappa shape index (κ2) is 6.04. The van der Waals surface area contributed by atoms with Crippen LogP contribution in [0.4, 0.5) is 5.69 Å². The third kappa shape index (κ3) is 3.45. The average Bonchev–Trinajstić information content (AvgIpc) is 2.39. The predicted octanol–water partition coefficient (Wildman–Crippen LogP) is 0.892. The fraction of sp³-hybridized carbons (Fsp3) is 0.500. The Balaban J connectivity index is 1.97. The first-order chi connectivity index (χ1) is 9.10. The number of anilines is 1. The van der Waals surface area contributed by atoms with Gasteiger partial charge in [0.05, 0.1) is 13.2 Å². The number of aryl methyl sites for hydroxylation is 1. The first kappa shape index (κ1) is 13.8. The van der Waals surface area contributed by atoms with Crippen LogP contribution in [0.2, 0.25) is 0 Å². The van der Waals surface area contributed by atoms with Gasteiger partial charge in [-0.15, -0.1) is 0 Å². The van der Waals surface area contributed by atoms with Crippen molar-refractivity contribution in [2.75, 3.05) is 25.5 Å². The van der Waals surface area contributed by atoms with Crippen molar-refractivity contribution in [2.45, 2.75) is 25.9 Å². The number of hydrogen-bond acceptors (Lipinski definition) is 4. The molecule has 0 spiro atoms. The van der Waals surface area contributed by atoms with Crippen molar-refractivity contribution in [3.8, 4) is 5.75 Å². The van der Waals surface area contributed by atoms with Crippen LogP contribution in [-0.4, -0.2) is 38.2 Å². The highest BCUT2D eigenvalue weighted by Gasteiger charge is 2.23. The molecule has 1 aromatic rings. The van der Waals surface area contributed by atoms with E-state index in [0.29, 0.717) is 12.6 Å². The Morgan fingerprint density at radius 2 is 2.16 bits per heavy atom. The first-order valence-electron chi connectivity index (χ1n) is 6.52. The van der Waals surface area contributed by atoms with E-state index in [1.165, 1.54) is 0 Å². The van der Waals surface area contributed by atoms with Gasteiger partial charge in [-0.1, -0.05) is 0 Å². The van der Waals surface area contributed by atoms with Crippen LogP contribution in [0.3, 0.4) is 0 Å². The van der Waals surface area contributed by atoms with Crippen molar-refractivity contribution >= 4 is 11.6 Å². The van der Waals surface area contributed by atoms with Gasteiger partial charge in [0.1, 0.15) is 5.75 Å². The molecule has 1 aliphatic heterocycles. The van der Waals surface area contributed by atoms with Gasteiger partial charge in [-0.25, -0.2) is 0 Å². The number of piperazine rings is 1. The molecule has 0 bridgehead atoms. The van der Waals surface area contributed by atoms with Crippen molar-refractivity contribution < 1.29 is 9.53 Å². The summed E-state index contributed by atoms with van der Waals surface area (Å²) in [5.74, 6) is 0.813. The zero-order valence-electron chi connectivity index (χ0n) is 11.6. The molecule has 1 aliphatic rings. The van der Waals surface area contributed by atoms with Crippen LogP contribution in [0.15, 0.2) is 18.2 Å². The lowest BCUT2D eigenvalue weighted by molar-refractivity contribution is -0.118. The molecule has 1 saturated heterocycles. The number of hydrogen-bond donors (Lipinski definition) is 3. The molecule has 0 radical (unpaired) electrons. The van der Waals surface area contributed by atoms with E-state index in [1.807, 2.05) is 25.1 Å². The van der Waals surface area contributed by atoms with E-state index in [2.05, 4.69) is 22.9 Å². The Bertz CT molecular complexity index is 454. The lowest BCUT2D eigenvalue weighted by atomic mass is 10.1. The number of nitrogens with one attached hydrogen (secondary N) is 3. The predicted molar refractivity (Wildman–Crippen MR) is 75.6 cm³/mol. The standard InChI is InChI=1S/C14H21N3O2/c1-9-6-11(4-5-13(9)19-3)17-14(18)12-8-15-10(2)7-16-12/h4-6,10,12,15-16H,7-8H2,1-3H3,(H,17,18). The number of carbonyl (C=O) groups is 1. The summed E-state index contributed by atoms with van der Waals surface area (Å²) in [5, 5.41) is 9.43. The number of carbonyl (C=O) groups excluding carboxylic acids is 1. The van der Waals surface area contributed by atoms with Gasteiger partial charge in [0.2, 0.25) is 5.91 Å². The Morgan fingerprint density at radius 3 is 2.74 bits per heavy atom. The molecule has 1 aromatic carbocycles. The molecule has 3 N–H and O–H groups in total. The second-order valence-electron chi connectivity index (χ2n) is 4.94. The van der Waals surface area contributed by atoms with Crippen LogP contribution < -0.4 is 20.7 Å². The maximum atomic E-state index is 12.1. The van der Waals surface area contributed by atoms with Gasteiger partial charge >= 0.3 is 0 Å². The number of amides is 1. The Hall–Kier alpha value is -1.59. The fourth-order valence-corrected chi connectivity index (χ4v) is 2.15. The molecule has 19 heavy (non-hydrogen) atoms. The topological polar surface area (TPSA) is 62.4 Å². The van der Waals surface area contributed by atoms with Crippen molar-refractivity contribution in [1.82, 2.24) is 10.6 Å². The van der Waals surface area contributed by atoms with Crippen molar-refractivity contribution in [3.05, 3.63) is 23.8 Å². The highest BCUT2D eigenvalue weighted by Crippen LogP contribution is 2.21. The van der Waals surface area contributed by atoms with Gasteiger partial charge in [0.15, 0.2) is 0 Å². The molecule has 1 heterocycles.